The van der Waals surface area contributed by atoms with Gasteiger partial charge in [0.1, 0.15) is 0 Å². The largest absolute Gasteiger partial charge is 0.310 e. The number of nitrogens with zero attached hydrogens (tertiary/aromatic N) is 1. The summed E-state index contributed by atoms with van der Waals surface area (Å²) in [4.78, 5) is 1.94. The van der Waals surface area contributed by atoms with Gasteiger partial charge in [-0.1, -0.05) is 206 Å². The fourth-order valence-corrected chi connectivity index (χ4v) is 8.51. The van der Waals surface area contributed by atoms with Crippen molar-refractivity contribution in [2.75, 3.05) is 4.90 Å². The van der Waals surface area contributed by atoms with Crippen LogP contribution in [0.1, 0.15) is 27.7 Å². The SMILES string of the molecule is [2H]c1c([2H])c(N(c2ccc3c(c2)C(c2ccccc2)(c2ccccc2)c2ccccc2-3)c2ccccc2-c2ccccc2)c([2H])c([2H])c1-c1ccc(-c2ccccc2)cc1. The molecule has 0 saturated heterocycles. The van der Waals surface area contributed by atoms with Gasteiger partial charge in [0.25, 0.3) is 0 Å². The second-order valence-electron chi connectivity index (χ2n) is 14.1. The Morgan fingerprint density at radius 1 is 0.321 bits per heavy atom. The van der Waals surface area contributed by atoms with Crippen LogP contribution in [0.25, 0.3) is 44.5 Å². The zero-order valence-corrected chi connectivity index (χ0v) is 30.7. The molecule has 0 N–H and O–H groups in total. The maximum Gasteiger partial charge on any atom is 0.0714 e. The molecule has 1 heteroatoms. The van der Waals surface area contributed by atoms with Gasteiger partial charge in [-0.2, -0.15) is 0 Å². The lowest BCUT2D eigenvalue weighted by atomic mass is 9.67. The van der Waals surface area contributed by atoms with Crippen LogP contribution in [0.5, 0.6) is 0 Å². The van der Waals surface area contributed by atoms with Gasteiger partial charge in [-0.15, -0.1) is 0 Å². The average Bonchev–Trinajstić information content (AvgIpc) is 3.61. The Labute approximate surface area is 335 Å². The molecule has 0 aliphatic heterocycles. The van der Waals surface area contributed by atoms with Gasteiger partial charge in [0.05, 0.1) is 16.6 Å². The highest BCUT2D eigenvalue weighted by Crippen LogP contribution is 2.57. The van der Waals surface area contributed by atoms with E-state index in [-0.39, 0.29) is 35.4 Å². The first-order valence-electron chi connectivity index (χ1n) is 21.0. The van der Waals surface area contributed by atoms with E-state index in [1.807, 2.05) is 108 Å². The van der Waals surface area contributed by atoms with Crippen molar-refractivity contribution in [2.45, 2.75) is 5.41 Å². The molecule has 0 spiro atoms. The molecule has 264 valence electrons. The highest BCUT2D eigenvalue weighted by molar-refractivity contribution is 5.92. The van der Waals surface area contributed by atoms with Gasteiger partial charge in [0.15, 0.2) is 0 Å². The van der Waals surface area contributed by atoms with E-state index in [9.17, 15) is 5.48 Å². The molecule has 1 aliphatic carbocycles. The van der Waals surface area contributed by atoms with Crippen molar-refractivity contribution in [3.05, 3.63) is 259 Å². The monoisotopic (exact) mass is 717 g/mol. The summed E-state index contributed by atoms with van der Waals surface area (Å²) in [5.74, 6) is 0. The Kier molecular flexibility index (Phi) is 7.40. The topological polar surface area (TPSA) is 3.24 Å². The third kappa shape index (κ3) is 5.65. The van der Waals surface area contributed by atoms with Crippen LogP contribution in [-0.4, -0.2) is 0 Å². The Balaban J connectivity index is 1.23. The van der Waals surface area contributed by atoms with Gasteiger partial charge in [-0.3, -0.25) is 0 Å². The summed E-state index contributed by atoms with van der Waals surface area (Å²) in [5.41, 5.74) is 12.6. The van der Waals surface area contributed by atoms with E-state index >= 15 is 0 Å². The minimum atomic E-state index is -0.681. The van der Waals surface area contributed by atoms with Crippen molar-refractivity contribution in [1.29, 1.82) is 0 Å². The third-order valence-corrected chi connectivity index (χ3v) is 11.0. The number of para-hydroxylation sites is 1. The van der Waals surface area contributed by atoms with Gasteiger partial charge >= 0.3 is 0 Å². The molecule has 0 radical (unpaired) electrons. The molecular formula is C55H39N. The molecule has 10 rings (SSSR count). The molecule has 1 aliphatic rings. The van der Waals surface area contributed by atoms with Crippen LogP contribution in [0.3, 0.4) is 0 Å². The molecule has 0 atom stereocenters. The zero-order chi connectivity index (χ0) is 40.8. The zero-order valence-electron chi connectivity index (χ0n) is 34.7. The summed E-state index contributed by atoms with van der Waals surface area (Å²) in [6, 6.07) is 71.8. The average molecular weight is 718 g/mol. The van der Waals surface area contributed by atoms with Crippen LogP contribution < -0.4 is 4.90 Å². The lowest BCUT2D eigenvalue weighted by molar-refractivity contribution is 0.768. The van der Waals surface area contributed by atoms with E-state index in [1.165, 1.54) is 5.56 Å². The lowest BCUT2D eigenvalue weighted by Gasteiger charge is -2.35. The normalized spacial score (nSPS) is 13.4. The van der Waals surface area contributed by atoms with E-state index in [4.69, 9.17) is 0 Å². The van der Waals surface area contributed by atoms with Gasteiger partial charge in [0, 0.05) is 16.9 Å². The van der Waals surface area contributed by atoms with Gasteiger partial charge < -0.3 is 4.90 Å². The number of hydrogen-bond donors (Lipinski definition) is 0. The van der Waals surface area contributed by atoms with E-state index < -0.39 is 5.41 Å². The maximum atomic E-state index is 9.78. The first-order chi connectivity index (χ1) is 29.5. The summed E-state index contributed by atoms with van der Waals surface area (Å²) in [7, 11) is 0. The first-order valence-corrected chi connectivity index (χ1v) is 19.0. The Bertz CT molecular complexity index is 2940. The number of hydrogen-bond acceptors (Lipinski definition) is 1. The van der Waals surface area contributed by atoms with E-state index in [0.29, 0.717) is 5.56 Å². The van der Waals surface area contributed by atoms with Crippen LogP contribution in [-0.2, 0) is 5.41 Å². The molecule has 0 fully saturated rings. The Hall–Kier alpha value is -7.22. The summed E-state index contributed by atoms with van der Waals surface area (Å²) in [6.45, 7) is 0. The second kappa shape index (κ2) is 14.2. The molecule has 56 heavy (non-hydrogen) atoms. The van der Waals surface area contributed by atoms with Crippen molar-refractivity contribution in [3.63, 3.8) is 0 Å². The van der Waals surface area contributed by atoms with Crippen molar-refractivity contribution in [1.82, 2.24) is 0 Å². The molecule has 9 aromatic carbocycles. The first kappa shape index (κ1) is 29.2. The van der Waals surface area contributed by atoms with Crippen LogP contribution >= 0.6 is 0 Å². The van der Waals surface area contributed by atoms with E-state index in [1.54, 1.807) is 0 Å². The molecule has 9 aromatic rings. The smallest absolute Gasteiger partial charge is 0.0714 e. The van der Waals surface area contributed by atoms with E-state index in [2.05, 4.69) is 109 Å². The molecule has 0 aromatic heterocycles. The molecular weight excluding hydrogens is 675 g/mol. The number of benzene rings is 9. The highest BCUT2D eigenvalue weighted by Gasteiger charge is 2.46. The van der Waals surface area contributed by atoms with Gasteiger partial charge in [-0.05, 0) is 91.5 Å². The van der Waals surface area contributed by atoms with Crippen molar-refractivity contribution < 1.29 is 5.48 Å². The predicted octanol–water partition coefficient (Wildman–Crippen LogP) is 14.5. The number of fused-ring (bicyclic) bond motifs is 3. The Morgan fingerprint density at radius 3 is 1.41 bits per heavy atom. The lowest BCUT2D eigenvalue weighted by Crippen LogP contribution is -2.28. The summed E-state index contributed by atoms with van der Waals surface area (Å²) in [5, 5.41) is 0. The Morgan fingerprint density at radius 2 is 0.786 bits per heavy atom. The molecule has 0 amide bonds. The minimum absolute atomic E-state index is 0.0999. The summed E-state index contributed by atoms with van der Waals surface area (Å²) < 4.78 is 38.6. The third-order valence-electron chi connectivity index (χ3n) is 11.0. The molecule has 1 nitrogen and oxygen atoms in total. The van der Waals surface area contributed by atoms with Crippen LogP contribution in [0.15, 0.2) is 236 Å². The second-order valence-corrected chi connectivity index (χ2v) is 14.1. The predicted molar refractivity (Wildman–Crippen MR) is 235 cm³/mol. The standard InChI is InChI=1S/C55H39N/c1-5-17-40(18-6-1)41-29-31-42(32-30-41)43-33-35-47(36-34-43)56(54-28-16-14-25-49(54)44-19-7-2-8-20-44)48-37-38-51-50-26-13-15-27-52(50)55(53(51)39-48,45-21-9-3-10-22-45)46-23-11-4-12-24-46/h1-39H/i33D,34D,35D,36D. The highest BCUT2D eigenvalue weighted by atomic mass is 15.1. The number of anilines is 3. The van der Waals surface area contributed by atoms with E-state index in [0.717, 1.165) is 61.4 Å². The fourth-order valence-electron chi connectivity index (χ4n) is 8.51. The van der Waals surface area contributed by atoms with Crippen LogP contribution in [0.2, 0.25) is 0 Å². The summed E-state index contributed by atoms with van der Waals surface area (Å²) >= 11 is 0. The number of rotatable bonds is 8. The van der Waals surface area contributed by atoms with Gasteiger partial charge in [0.2, 0.25) is 0 Å². The van der Waals surface area contributed by atoms with Crippen LogP contribution in [0, 0.1) is 0 Å². The van der Waals surface area contributed by atoms with Crippen LogP contribution in [0.4, 0.5) is 17.1 Å². The molecule has 0 saturated carbocycles. The summed E-state index contributed by atoms with van der Waals surface area (Å²) in [6.07, 6.45) is 0. The van der Waals surface area contributed by atoms with Gasteiger partial charge in [-0.25, -0.2) is 0 Å². The van der Waals surface area contributed by atoms with Crippen molar-refractivity contribution in [2.24, 2.45) is 0 Å². The van der Waals surface area contributed by atoms with Crippen molar-refractivity contribution in [3.8, 4) is 44.5 Å². The molecule has 0 bridgehead atoms. The fraction of sp³-hybridized carbons (Fsp3) is 0.0182. The maximum absolute atomic E-state index is 9.78. The molecule has 0 heterocycles. The molecule has 0 unspecified atom stereocenters. The minimum Gasteiger partial charge on any atom is -0.310 e. The van der Waals surface area contributed by atoms with Crippen molar-refractivity contribution >= 4 is 17.1 Å². The quantitative estimate of drug-likeness (QED) is 0.151.